The molecule has 5 heteroatoms. The van der Waals surface area contributed by atoms with Gasteiger partial charge in [0.25, 0.3) is 5.91 Å². The molecule has 1 amide bonds. The van der Waals surface area contributed by atoms with Gasteiger partial charge in [-0.05, 0) is 38.0 Å². The van der Waals surface area contributed by atoms with E-state index in [0.29, 0.717) is 13.0 Å². The van der Waals surface area contributed by atoms with Gasteiger partial charge in [0.2, 0.25) is 0 Å². The van der Waals surface area contributed by atoms with Crippen LogP contribution >= 0.6 is 0 Å². The van der Waals surface area contributed by atoms with E-state index in [4.69, 9.17) is 0 Å². The molecule has 0 bridgehead atoms. The third kappa shape index (κ3) is 3.74. The van der Waals surface area contributed by atoms with Gasteiger partial charge in [0.15, 0.2) is 0 Å². The van der Waals surface area contributed by atoms with E-state index >= 15 is 0 Å². The number of likely N-dealkylation sites (tertiary alicyclic amines) is 1. The summed E-state index contributed by atoms with van der Waals surface area (Å²) in [6.07, 6.45) is 4.05. The van der Waals surface area contributed by atoms with Gasteiger partial charge < -0.3 is 15.1 Å². The van der Waals surface area contributed by atoms with E-state index in [1.54, 1.807) is 4.90 Å². The van der Waals surface area contributed by atoms with Crippen molar-refractivity contribution in [2.24, 2.45) is 0 Å². The summed E-state index contributed by atoms with van der Waals surface area (Å²) in [7, 11) is 0. The van der Waals surface area contributed by atoms with Gasteiger partial charge in [0.05, 0.1) is 5.56 Å². The Kier molecular flexibility index (Phi) is 4.83. The highest BCUT2D eigenvalue weighted by Crippen LogP contribution is 2.27. The van der Waals surface area contributed by atoms with Gasteiger partial charge in [-0.15, -0.1) is 0 Å². The Morgan fingerprint density at radius 1 is 1.24 bits per heavy atom. The van der Waals surface area contributed by atoms with Crippen molar-refractivity contribution < 1.29 is 19.8 Å². The van der Waals surface area contributed by atoms with E-state index in [1.807, 2.05) is 0 Å². The molecule has 2 rings (SSSR count). The normalized spacial score (nSPS) is 19.1. The van der Waals surface area contributed by atoms with Gasteiger partial charge in [-0.3, -0.25) is 9.59 Å². The molecule has 114 valence electrons. The van der Waals surface area contributed by atoms with Crippen LogP contribution in [-0.2, 0) is 4.79 Å². The summed E-state index contributed by atoms with van der Waals surface area (Å²) >= 11 is 0. The number of ketones is 1. The number of nitrogens with zero attached hydrogens (tertiary/aromatic N) is 1. The molecule has 1 atom stereocenters. The predicted molar refractivity (Wildman–Crippen MR) is 78.4 cm³/mol. The molecule has 0 saturated carbocycles. The third-order valence-electron chi connectivity index (χ3n) is 3.87. The van der Waals surface area contributed by atoms with Crippen LogP contribution in [0.3, 0.4) is 0 Å². The van der Waals surface area contributed by atoms with Crippen molar-refractivity contribution in [3.63, 3.8) is 0 Å². The highest BCUT2D eigenvalue weighted by Gasteiger charge is 2.28. The summed E-state index contributed by atoms with van der Waals surface area (Å²) in [5, 5.41) is 19.4. The summed E-state index contributed by atoms with van der Waals surface area (Å²) in [4.78, 5) is 25.8. The lowest BCUT2D eigenvalue weighted by molar-refractivity contribution is -0.118. The Bertz CT molecular complexity index is 541. The smallest absolute Gasteiger partial charge is 0.258 e. The minimum Gasteiger partial charge on any atom is -0.508 e. The van der Waals surface area contributed by atoms with Crippen LogP contribution in [0.2, 0.25) is 0 Å². The maximum atomic E-state index is 12.7. The number of hydrogen-bond acceptors (Lipinski definition) is 4. The lowest BCUT2D eigenvalue weighted by atomic mass is 10.0. The van der Waals surface area contributed by atoms with Crippen molar-refractivity contribution in [3.05, 3.63) is 23.8 Å². The lowest BCUT2D eigenvalue weighted by Crippen LogP contribution is -2.41. The van der Waals surface area contributed by atoms with Crippen LogP contribution in [-0.4, -0.2) is 39.4 Å². The fourth-order valence-corrected chi connectivity index (χ4v) is 2.84. The number of rotatable bonds is 3. The molecule has 2 N–H and O–H groups in total. The van der Waals surface area contributed by atoms with Crippen molar-refractivity contribution in [1.29, 1.82) is 0 Å². The van der Waals surface area contributed by atoms with Crippen molar-refractivity contribution in [2.45, 2.75) is 45.1 Å². The van der Waals surface area contributed by atoms with E-state index in [9.17, 15) is 19.8 Å². The first-order chi connectivity index (χ1) is 9.99. The fourth-order valence-electron chi connectivity index (χ4n) is 2.84. The molecule has 0 radical (unpaired) electrons. The van der Waals surface area contributed by atoms with Gasteiger partial charge in [-0.2, -0.15) is 0 Å². The summed E-state index contributed by atoms with van der Waals surface area (Å²) in [5.74, 6) is -0.478. The first-order valence-corrected chi connectivity index (χ1v) is 7.31. The molecule has 1 aromatic carbocycles. The number of Topliss-reactive ketones (excluding diaryl/α,β-unsaturated/α-hetero) is 1. The van der Waals surface area contributed by atoms with E-state index < -0.39 is 0 Å². The quantitative estimate of drug-likeness (QED) is 0.839. The highest BCUT2D eigenvalue weighted by molar-refractivity contribution is 5.97. The molecule has 0 spiro atoms. The zero-order chi connectivity index (χ0) is 15.4. The number of carbonyl (C=O) groups is 2. The molecule has 0 aliphatic carbocycles. The monoisotopic (exact) mass is 291 g/mol. The third-order valence-corrected chi connectivity index (χ3v) is 3.87. The molecular weight excluding hydrogens is 270 g/mol. The maximum absolute atomic E-state index is 12.7. The van der Waals surface area contributed by atoms with Gasteiger partial charge in [-0.1, -0.05) is 12.8 Å². The van der Waals surface area contributed by atoms with Crippen LogP contribution in [0.4, 0.5) is 0 Å². The van der Waals surface area contributed by atoms with Crippen molar-refractivity contribution in [3.8, 4) is 11.5 Å². The molecule has 1 aliphatic heterocycles. The minimum atomic E-state index is -0.323. The van der Waals surface area contributed by atoms with Crippen LogP contribution in [0.1, 0.15) is 49.4 Å². The summed E-state index contributed by atoms with van der Waals surface area (Å²) in [6.45, 7) is 2.10. The molecular formula is C16H21NO4. The van der Waals surface area contributed by atoms with E-state index in [0.717, 1.165) is 25.7 Å². The number of hydrogen-bond donors (Lipinski definition) is 2. The topological polar surface area (TPSA) is 77.8 Å². The molecule has 1 aliphatic rings. The molecule has 1 heterocycles. The average Bonchev–Trinajstić information content (AvgIpc) is 2.65. The molecule has 0 aromatic heterocycles. The molecule has 1 fully saturated rings. The van der Waals surface area contributed by atoms with Gasteiger partial charge in [0.1, 0.15) is 17.3 Å². The van der Waals surface area contributed by atoms with Gasteiger partial charge in [-0.25, -0.2) is 0 Å². The predicted octanol–water partition coefficient (Wildman–Crippen LogP) is 2.46. The van der Waals surface area contributed by atoms with Crippen LogP contribution in [0.5, 0.6) is 11.5 Å². The van der Waals surface area contributed by atoms with Crippen molar-refractivity contribution in [2.75, 3.05) is 6.54 Å². The summed E-state index contributed by atoms with van der Waals surface area (Å²) < 4.78 is 0. The first-order valence-electron chi connectivity index (χ1n) is 7.31. The van der Waals surface area contributed by atoms with Crippen LogP contribution in [0.25, 0.3) is 0 Å². The SMILES string of the molecule is CC(=O)CC1CCCCCN1C(=O)c1cc(O)ccc1O. The Hall–Kier alpha value is -2.04. The minimum absolute atomic E-state index is 0.0554. The van der Waals surface area contributed by atoms with Crippen LogP contribution < -0.4 is 0 Å². The second-order valence-corrected chi connectivity index (χ2v) is 5.61. The fraction of sp³-hybridized carbons (Fsp3) is 0.500. The molecule has 5 nitrogen and oxygen atoms in total. The van der Waals surface area contributed by atoms with E-state index in [-0.39, 0.29) is 34.8 Å². The standard InChI is InChI=1S/C16H21NO4/c1-11(18)9-12-5-3-2-4-8-17(12)16(21)14-10-13(19)6-7-15(14)20/h6-7,10,12,19-20H,2-5,8-9H2,1H3. The molecule has 1 unspecified atom stereocenters. The highest BCUT2D eigenvalue weighted by atomic mass is 16.3. The Morgan fingerprint density at radius 2 is 2.00 bits per heavy atom. The zero-order valence-corrected chi connectivity index (χ0v) is 12.2. The Balaban J connectivity index is 2.28. The first kappa shape index (κ1) is 15.4. The maximum Gasteiger partial charge on any atom is 0.258 e. The van der Waals surface area contributed by atoms with Crippen LogP contribution in [0, 0.1) is 0 Å². The second kappa shape index (κ2) is 6.61. The molecule has 1 saturated heterocycles. The Labute approximate surface area is 124 Å². The van der Waals surface area contributed by atoms with E-state index in [1.165, 1.54) is 25.1 Å². The summed E-state index contributed by atoms with van der Waals surface area (Å²) in [5.41, 5.74) is 0.0884. The Morgan fingerprint density at radius 3 is 2.71 bits per heavy atom. The zero-order valence-electron chi connectivity index (χ0n) is 12.2. The molecule has 1 aromatic rings. The number of phenolic OH excluding ortho intramolecular Hbond substituents is 2. The lowest BCUT2D eigenvalue weighted by Gasteiger charge is -2.29. The molecule has 21 heavy (non-hydrogen) atoms. The van der Waals surface area contributed by atoms with Crippen LogP contribution in [0.15, 0.2) is 18.2 Å². The number of phenols is 2. The van der Waals surface area contributed by atoms with Gasteiger partial charge in [0, 0.05) is 19.0 Å². The van der Waals surface area contributed by atoms with E-state index in [2.05, 4.69) is 0 Å². The average molecular weight is 291 g/mol. The van der Waals surface area contributed by atoms with Crippen molar-refractivity contribution >= 4 is 11.7 Å². The summed E-state index contributed by atoms with van der Waals surface area (Å²) in [6, 6.07) is 3.79. The van der Waals surface area contributed by atoms with Gasteiger partial charge >= 0.3 is 0 Å². The second-order valence-electron chi connectivity index (χ2n) is 5.61. The number of aromatic hydroxyl groups is 2. The van der Waals surface area contributed by atoms with Crippen molar-refractivity contribution in [1.82, 2.24) is 4.90 Å². The number of carbonyl (C=O) groups excluding carboxylic acids is 2. The largest absolute Gasteiger partial charge is 0.508 e. The number of amides is 1. The number of benzene rings is 1.